The van der Waals surface area contributed by atoms with Gasteiger partial charge in [-0.2, -0.15) is 0 Å². The lowest BCUT2D eigenvalue weighted by Crippen LogP contribution is -2.38. The molecule has 0 radical (unpaired) electrons. The Morgan fingerprint density at radius 3 is 2.69 bits per heavy atom. The first-order valence-corrected chi connectivity index (χ1v) is 9.22. The summed E-state index contributed by atoms with van der Waals surface area (Å²) in [6, 6.07) is 9.67. The average Bonchev–Trinajstić information content (AvgIpc) is 2.76. The van der Waals surface area contributed by atoms with Crippen LogP contribution >= 0.6 is 24.0 Å². The molecule has 2 heterocycles. The van der Waals surface area contributed by atoms with Gasteiger partial charge in [-0.15, -0.1) is 24.0 Å². The monoisotopic (exact) mass is 513 g/mol. The number of nitrogens with two attached hydrogens (primary N) is 1. The quantitative estimate of drug-likeness (QED) is 0.333. The predicted molar refractivity (Wildman–Crippen MR) is 124 cm³/mol. The number of pyridine rings is 1. The molecule has 1 aliphatic heterocycles. The summed E-state index contributed by atoms with van der Waals surface area (Å²) in [7, 11) is 3.22. The van der Waals surface area contributed by atoms with Crippen molar-refractivity contribution in [1.82, 2.24) is 10.3 Å². The van der Waals surface area contributed by atoms with E-state index in [1.165, 1.54) is 0 Å². The number of anilines is 1. The van der Waals surface area contributed by atoms with Crippen molar-refractivity contribution in [2.75, 3.05) is 45.4 Å². The molecule has 1 aromatic heterocycles. The first-order valence-electron chi connectivity index (χ1n) is 9.22. The number of nitrogens with zero attached hydrogens (tertiary/aromatic N) is 3. The highest BCUT2D eigenvalue weighted by Crippen LogP contribution is 2.27. The molecular weight excluding hydrogens is 485 g/mol. The van der Waals surface area contributed by atoms with Crippen molar-refractivity contribution < 1.29 is 14.2 Å². The SMILES string of the molecule is COc1ccc(CN=C(N)NCc2cccnc2N2CCOCC2)cc1OC.I. The third-order valence-corrected chi connectivity index (χ3v) is 4.52. The first kappa shape index (κ1) is 23.0. The Morgan fingerprint density at radius 1 is 1.21 bits per heavy atom. The maximum absolute atomic E-state index is 6.05. The standard InChI is InChI=1S/C20H27N5O3.HI/c1-26-17-6-5-15(12-18(17)27-2)13-23-20(21)24-14-16-4-3-7-22-19(16)25-8-10-28-11-9-25;/h3-7,12H,8-11,13-14H2,1-2H3,(H3,21,23,24);1H. The highest BCUT2D eigenvalue weighted by Gasteiger charge is 2.15. The van der Waals surface area contributed by atoms with Crippen LogP contribution in [-0.2, 0) is 17.8 Å². The van der Waals surface area contributed by atoms with E-state index in [0.717, 1.165) is 43.2 Å². The lowest BCUT2D eigenvalue weighted by molar-refractivity contribution is 0.122. The van der Waals surface area contributed by atoms with Crippen LogP contribution in [0.25, 0.3) is 0 Å². The maximum atomic E-state index is 6.05. The van der Waals surface area contributed by atoms with Crippen LogP contribution in [0, 0.1) is 0 Å². The van der Waals surface area contributed by atoms with Gasteiger partial charge in [0.25, 0.3) is 0 Å². The molecule has 8 nitrogen and oxygen atoms in total. The molecule has 3 N–H and O–H groups in total. The number of halogens is 1. The summed E-state index contributed by atoms with van der Waals surface area (Å²) in [6.45, 7) is 4.13. The summed E-state index contributed by atoms with van der Waals surface area (Å²) in [5.41, 5.74) is 8.12. The fourth-order valence-corrected chi connectivity index (χ4v) is 3.03. The van der Waals surface area contributed by atoms with Crippen molar-refractivity contribution in [2.24, 2.45) is 10.7 Å². The number of methoxy groups -OCH3 is 2. The van der Waals surface area contributed by atoms with Crippen molar-refractivity contribution in [3.8, 4) is 11.5 Å². The zero-order valence-corrected chi connectivity index (χ0v) is 19.1. The third-order valence-electron chi connectivity index (χ3n) is 4.52. The molecule has 158 valence electrons. The van der Waals surface area contributed by atoms with Gasteiger partial charge in [0.05, 0.1) is 34.0 Å². The van der Waals surface area contributed by atoms with Crippen molar-refractivity contribution >= 4 is 35.8 Å². The minimum absolute atomic E-state index is 0. The van der Waals surface area contributed by atoms with E-state index >= 15 is 0 Å². The number of ether oxygens (including phenoxy) is 3. The first-order chi connectivity index (χ1) is 13.7. The third kappa shape index (κ3) is 6.36. The molecule has 0 amide bonds. The predicted octanol–water partition coefficient (Wildman–Crippen LogP) is 2.16. The molecule has 0 unspecified atom stereocenters. The summed E-state index contributed by atoms with van der Waals surface area (Å²) >= 11 is 0. The molecule has 0 bridgehead atoms. The Morgan fingerprint density at radius 2 is 1.97 bits per heavy atom. The van der Waals surface area contributed by atoms with Gasteiger partial charge in [-0.3, -0.25) is 0 Å². The van der Waals surface area contributed by atoms with E-state index < -0.39 is 0 Å². The molecule has 1 saturated heterocycles. The van der Waals surface area contributed by atoms with E-state index in [1.807, 2.05) is 36.5 Å². The van der Waals surface area contributed by atoms with Gasteiger partial charge in [-0.05, 0) is 23.8 Å². The zero-order valence-electron chi connectivity index (χ0n) is 16.8. The van der Waals surface area contributed by atoms with Crippen LogP contribution in [0.4, 0.5) is 5.82 Å². The molecule has 0 atom stereocenters. The highest BCUT2D eigenvalue weighted by molar-refractivity contribution is 14.0. The molecule has 0 spiro atoms. The Kier molecular flexibility index (Phi) is 9.26. The van der Waals surface area contributed by atoms with Crippen molar-refractivity contribution in [3.63, 3.8) is 0 Å². The molecular formula is C20H28IN5O3. The molecule has 0 saturated carbocycles. The van der Waals surface area contributed by atoms with Crippen molar-refractivity contribution in [3.05, 3.63) is 47.7 Å². The number of benzene rings is 1. The molecule has 2 aromatic rings. The number of nitrogens with one attached hydrogen (secondary N) is 1. The second kappa shape index (κ2) is 11.7. The van der Waals surface area contributed by atoms with Gasteiger partial charge in [0.2, 0.25) is 0 Å². The molecule has 29 heavy (non-hydrogen) atoms. The van der Waals surface area contributed by atoms with Gasteiger partial charge in [0.1, 0.15) is 5.82 Å². The lowest BCUT2D eigenvalue weighted by atomic mass is 10.2. The second-order valence-corrected chi connectivity index (χ2v) is 6.33. The Bertz CT molecular complexity index is 812. The summed E-state index contributed by atoms with van der Waals surface area (Å²) in [5.74, 6) is 2.71. The average molecular weight is 513 g/mol. The summed E-state index contributed by atoms with van der Waals surface area (Å²) < 4.78 is 16.0. The zero-order chi connectivity index (χ0) is 19.8. The Hall–Kier alpha value is -2.27. The van der Waals surface area contributed by atoms with Gasteiger partial charge >= 0.3 is 0 Å². The van der Waals surface area contributed by atoms with Crippen LogP contribution in [-0.4, -0.2) is 51.5 Å². The maximum Gasteiger partial charge on any atom is 0.189 e. The van der Waals surface area contributed by atoms with E-state index in [2.05, 4.69) is 20.2 Å². The minimum atomic E-state index is 0. The normalized spacial score (nSPS) is 14.1. The fraction of sp³-hybridized carbons (Fsp3) is 0.400. The number of aliphatic imine (C=N–C) groups is 1. The number of hydrogen-bond donors (Lipinski definition) is 2. The second-order valence-electron chi connectivity index (χ2n) is 6.33. The number of rotatable bonds is 7. The van der Waals surface area contributed by atoms with Crippen LogP contribution in [0.15, 0.2) is 41.5 Å². The fourth-order valence-electron chi connectivity index (χ4n) is 3.03. The van der Waals surface area contributed by atoms with Gasteiger partial charge in [-0.25, -0.2) is 9.98 Å². The molecule has 9 heteroatoms. The van der Waals surface area contributed by atoms with Crippen molar-refractivity contribution in [1.29, 1.82) is 0 Å². The molecule has 1 fully saturated rings. The van der Waals surface area contributed by atoms with Crippen LogP contribution in [0.3, 0.4) is 0 Å². The lowest BCUT2D eigenvalue weighted by Gasteiger charge is -2.29. The van der Waals surface area contributed by atoms with E-state index in [-0.39, 0.29) is 24.0 Å². The van der Waals surface area contributed by atoms with E-state index in [4.69, 9.17) is 19.9 Å². The number of hydrogen-bond acceptors (Lipinski definition) is 6. The largest absolute Gasteiger partial charge is 0.493 e. The topological polar surface area (TPSA) is 94.2 Å². The van der Waals surface area contributed by atoms with Crippen molar-refractivity contribution in [2.45, 2.75) is 13.1 Å². The smallest absolute Gasteiger partial charge is 0.189 e. The van der Waals surface area contributed by atoms with E-state index in [0.29, 0.717) is 30.5 Å². The molecule has 3 rings (SSSR count). The summed E-state index contributed by atoms with van der Waals surface area (Å²) in [6.07, 6.45) is 1.81. The molecule has 0 aliphatic carbocycles. The number of guanidine groups is 1. The van der Waals surface area contributed by atoms with Crippen LogP contribution < -0.4 is 25.4 Å². The minimum Gasteiger partial charge on any atom is -0.493 e. The van der Waals surface area contributed by atoms with E-state index in [1.54, 1.807) is 14.2 Å². The van der Waals surface area contributed by atoms with Gasteiger partial charge in [-0.1, -0.05) is 12.1 Å². The van der Waals surface area contributed by atoms with E-state index in [9.17, 15) is 0 Å². The summed E-state index contributed by atoms with van der Waals surface area (Å²) in [5, 5.41) is 3.17. The Labute approximate surface area is 188 Å². The molecule has 1 aromatic carbocycles. The summed E-state index contributed by atoms with van der Waals surface area (Å²) in [4.78, 5) is 11.2. The number of aromatic nitrogens is 1. The van der Waals surface area contributed by atoms with Gasteiger partial charge in [0, 0.05) is 31.4 Å². The molecule has 1 aliphatic rings. The van der Waals surface area contributed by atoms with Crippen LogP contribution in [0.5, 0.6) is 11.5 Å². The van der Waals surface area contributed by atoms with Gasteiger partial charge < -0.3 is 30.2 Å². The Balaban J connectivity index is 0.00000300. The van der Waals surface area contributed by atoms with Crippen LogP contribution in [0.1, 0.15) is 11.1 Å². The number of morpholine rings is 1. The van der Waals surface area contributed by atoms with Crippen LogP contribution in [0.2, 0.25) is 0 Å². The highest BCUT2D eigenvalue weighted by atomic mass is 127. The van der Waals surface area contributed by atoms with Gasteiger partial charge in [0.15, 0.2) is 17.5 Å².